The summed E-state index contributed by atoms with van der Waals surface area (Å²) in [6.45, 7) is -5.37. The van der Waals surface area contributed by atoms with E-state index in [0.29, 0.717) is 12.1 Å². The molecule has 0 radical (unpaired) electrons. The van der Waals surface area contributed by atoms with E-state index in [-0.39, 0.29) is 0 Å². The summed E-state index contributed by atoms with van der Waals surface area (Å²) in [6.07, 6.45) is -6.00. The molecule has 0 aromatic heterocycles. The normalized spacial score (nSPS) is 15.0. The molecule has 1 aromatic carbocycles. The first-order valence-corrected chi connectivity index (χ1v) is 6.75. The van der Waals surface area contributed by atoms with Gasteiger partial charge in [0.2, 0.25) is 0 Å². The first-order valence-electron chi connectivity index (χ1n) is 8.25. The second-order valence-corrected chi connectivity index (χ2v) is 4.86. The largest absolute Gasteiger partial charge is 0.480 e. The molecule has 0 fully saturated rings. The smallest absolute Gasteiger partial charge is 0.456 e. The highest BCUT2D eigenvalue weighted by atomic mass is 19.4. The van der Waals surface area contributed by atoms with Gasteiger partial charge in [0.25, 0.3) is 5.91 Å². The molecule has 1 atom stereocenters. The summed E-state index contributed by atoms with van der Waals surface area (Å²) in [7, 11) is 0.839. The molecular formula is C14H13F5N2O6. The zero-order valence-corrected chi connectivity index (χ0v) is 13.3. The lowest BCUT2D eigenvalue weighted by Gasteiger charge is -2.20. The molecule has 13 heteroatoms. The van der Waals surface area contributed by atoms with Crippen LogP contribution in [0.15, 0.2) is 18.2 Å². The summed E-state index contributed by atoms with van der Waals surface area (Å²) in [6, 6.07) is -0.383. The number of nitro groups is 1. The predicted octanol–water partition coefficient (Wildman–Crippen LogP) is 2.46. The minimum Gasteiger partial charge on any atom is -0.480 e. The topological polar surface area (TPSA) is 108 Å². The van der Waals surface area contributed by atoms with Gasteiger partial charge in [0.1, 0.15) is 6.04 Å². The van der Waals surface area contributed by atoms with Crippen molar-refractivity contribution in [2.45, 2.75) is 25.0 Å². The first-order chi connectivity index (χ1) is 13.5. The van der Waals surface area contributed by atoms with Crippen molar-refractivity contribution in [3.8, 4) is 5.75 Å². The van der Waals surface area contributed by atoms with Crippen molar-refractivity contribution in [2.75, 3.05) is 13.7 Å². The van der Waals surface area contributed by atoms with Crippen molar-refractivity contribution in [2.24, 2.45) is 0 Å². The van der Waals surface area contributed by atoms with Crippen LogP contribution in [0.2, 0.25) is 0 Å². The minimum absolute atomic E-state index is 0.452. The Bertz CT molecular complexity index is 831. The van der Waals surface area contributed by atoms with Crippen molar-refractivity contribution in [3.05, 3.63) is 33.9 Å². The van der Waals surface area contributed by atoms with Crippen LogP contribution < -0.4 is 10.1 Å². The molecule has 0 saturated carbocycles. The number of alkyl halides is 5. The van der Waals surface area contributed by atoms with Crippen LogP contribution in [0.25, 0.3) is 0 Å². The van der Waals surface area contributed by atoms with Crippen molar-refractivity contribution in [1.29, 1.82) is 0 Å². The van der Waals surface area contributed by atoms with Crippen LogP contribution in [0.1, 0.15) is 21.3 Å². The quantitative estimate of drug-likeness (QED) is 0.324. The molecule has 0 aliphatic carbocycles. The van der Waals surface area contributed by atoms with Crippen molar-refractivity contribution in [3.63, 3.8) is 0 Å². The number of halogens is 5. The molecule has 1 aromatic rings. The third-order valence-corrected chi connectivity index (χ3v) is 2.95. The maximum absolute atomic E-state index is 13.0. The fourth-order valence-corrected chi connectivity index (χ4v) is 1.56. The van der Waals surface area contributed by atoms with Gasteiger partial charge in [-0.15, -0.1) is 0 Å². The van der Waals surface area contributed by atoms with Gasteiger partial charge in [-0.3, -0.25) is 14.9 Å². The van der Waals surface area contributed by atoms with E-state index in [1.165, 1.54) is 0 Å². The van der Waals surface area contributed by atoms with Crippen LogP contribution >= 0.6 is 0 Å². The summed E-state index contributed by atoms with van der Waals surface area (Å²) in [5.74, 6) is -9.13. The highest BCUT2D eigenvalue weighted by Gasteiger charge is 2.58. The average molecular weight is 403 g/mol. The summed E-state index contributed by atoms with van der Waals surface area (Å²) >= 11 is 0. The Labute approximate surface area is 152 Å². The SMILES string of the molecule is [2H]C([2H])([2H])[C@H](NC(=O)c1ccc([N+](=O)[O-])c(OCC(F)(F)C(F)(F)F)c1)C(=O)OC. The number of methoxy groups -OCH3 is 1. The lowest BCUT2D eigenvalue weighted by Crippen LogP contribution is -2.42. The molecule has 0 aliphatic rings. The molecule has 0 aliphatic heterocycles. The molecule has 0 bridgehead atoms. The molecule has 0 unspecified atom stereocenters. The zero-order chi connectivity index (χ0) is 23.5. The van der Waals surface area contributed by atoms with Gasteiger partial charge in [-0.05, 0) is 12.9 Å². The van der Waals surface area contributed by atoms with Gasteiger partial charge in [0.15, 0.2) is 12.4 Å². The summed E-state index contributed by atoms with van der Waals surface area (Å²) in [5, 5.41) is 12.7. The molecule has 150 valence electrons. The Morgan fingerprint density at radius 3 is 2.44 bits per heavy atom. The van der Waals surface area contributed by atoms with Gasteiger partial charge < -0.3 is 14.8 Å². The predicted molar refractivity (Wildman–Crippen MR) is 78.5 cm³/mol. The number of amides is 1. The van der Waals surface area contributed by atoms with Gasteiger partial charge in [0.05, 0.1) is 12.0 Å². The lowest BCUT2D eigenvalue weighted by molar-refractivity contribution is -0.386. The average Bonchev–Trinajstić information content (AvgIpc) is 2.61. The summed E-state index contributed by atoms with van der Waals surface area (Å²) in [5.41, 5.74) is -1.66. The van der Waals surface area contributed by atoms with Crippen LogP contribution in [-0.2, 0) is 9.53 Å². The number of rotatable bonds is 7. The van der Waals surface area contributed by atoms with Crippen LogP contribution in [0.5, 0.6) is 5.75 Å². The van der Waals surface area contributed by atoms with Crippen molar-refractivity contribution >= 4 is 17.6 Å². The number of ether oxygens (including phenoxy) is 2. The van der Waals surface area contributed by atoms with E-state index < -0.39 is 65.4 Å². The number of carbonyl (C=O) groups is 2. The standard InChI is InChI=1S/C14H13F5N2O6/c1-7(12(23)26-2)20-11(22)8-3-4-9(21(24)25)10(5-8)27-6-13(15,16)14(17,18)19/h3-5,7H,6H2,1-2H3,(H,20,22)/t7-/m0/s1/i1D3. The minimum atomic E-state index is -6.00. The Kier molecular flexibility index (Phi) is 5.25. The summed E-state index contributed by atoms with van der Waals surface area (Å²) < 4.78 is 92.9. The van der Waals surface area contributed by atoms with Crippen LogP contribution in [0, 0.1) is 10.1 Å². The van der Waals surface area contributed by atoms with Gasteiger partial charge in [0, 0.05) is 21.8 Å². The van der Waals surface area contributed by atoms with Gasteiger partial charge in [-0.2, -0.15) is 22.0 Å². The zero-order valence-electron chi connectivity index (χ0n) is 16.3. The molecule has 1 N–H and O–H groups in total. The van der Waals surface area contributed by atoms with Crippen molar-refractivity contribution in [1.82, 2.24) is 5.32 Å². The highest BCUT2D eigenvalue weighted by Crippen LogP contribution is 2.37. The molecule has 1 amide bonds. The van der Waals surface area contributed by atoms with Gasteiger partial charge >= 0.3 is 23.8 Å². The number of nitro benzene ring substituents is 1. The fraction of sp³-hybridized carbons (Fsp3) is 0.429. The second kappa shape index (κ2) is 8.14. The Balaban J connectivity index is 3.21. The van der Waals surface area contributed by atoms with Crippen LogP contribution in [0.3, 0.4) is 0 Å². The monoisotopic (exact) mass is 403 g/mol. The number of carbonyl (C=O) groups excluding carboxylic acids is 2. The first kappa shape index (κ1) is 17.4. The number of hydrogen-bond donors (Lipinski definition) is 1. The number of esters is 1. The molecule has 0 saturated heterocycles. The molecule has 1 rings (SSSR count). The third-order valence-electron chi connectivity index (χ3n) is 2.95. The van der Waals surface area contributed by atoms with E-state index in [0.717, 1.165) is 13.2 Å². The van der Waals surface area contributed by atoms with Crippen molar-refractivity contribution < 1.29 is 50.1 Å². The van der Waals surface area contributed by atoms with E-state index in [9.17, 15) is 41.7 Å². The Morgan fingerprint density at radius 1 is 1.33 bits per heavy atom. The number of hydrogen-bond acceptors (Lipinski definition) is 6. The number of nitrogens with zero attached hydrogens (tertiary/aromatic N) is 1. The highest BCUT2D eigenvalue weighted by molar-refractivity contribution is 5.97. The van der Waals surface area contributed by atoms with E-state index in [2.05, 4.69) is 9.47 Å². The Hall–Kier alpha value is -2.99. The van der Waals surface area contributed by atoms with E-state index >= 15 is 0 Å². The molecule has 27 heavy (non-hydrogen) atoms. The molecule has 0 spiro atoms. The lowest BCUT2D eigenvalue weighted by atomic mass is 10.1. The van der Waals surface area contributed by atoms with E-state index in [4.69, 9.17) is 4.11 Å². The second-order valence-electron chi connectivity index (χ2n) is 4.86. The molecule has 0 heterocycles. The molecule has 8 nitrogen and oxygen atoms in total. The van der Waals surface area contributed by atoms with E-state index in [1.807, 2.05) is 0 Å². The van der Waals surface area contributed by atoms with Gasteiger partial charge in [-0.25, -0.2) is 4.79 Å². The molecular weight excluding hydrogens is 387 g/mol. The van der Waals surface area contributed by atoms with E-state index in [1.54, 1.807) is 5.32 Å². The van der Waals surface area contributed by atoms with Crippen LogP contribution in [-0.4, -0.2) is 48.7 Å². The fourth-order valence-electron chi connectivity index (χ4n) is 1.56. The van der Waals surface area contributed by atoms with Gasteiger partial charge in [-0.1, -0.05) is 0 Å². The number of benzene rings is 1. The Morgan fingerprint density at radius 2 is 1.96 bits per heavy atom. The number of nitrogens with one attached hydrogen (secondary N) is 1. The maximum atomic E-state index is 13.0. The maximum Gasteiger partial charge on any atom is 0.456 e. The summed E-state index contributed by atoms with van der Waals surface area (Å²) in [4.78, 5) is 33.5. The van der Waals surface area contributed by atoms with Crippen LogP contribution in [0.4, 0.5) is 27.6 Å². The third kappa shape index (κ3) is 5.49.